The van der Waals surface area contributed by atoms with Crippen LogP contribution in [0, 0.1) is 6.92 Å². The number of anilines is 1. The first-order valence-corrected chi connectivity index (χ1v) is 10.1. The average molecular weight is 444 g/mol. The molecule has 3 aromatic rings. The molecule has 1 amide bonds. The van der Waals surface area contributed by atoms with Gasteiger partial charge >= 0.3 is 11.9 Å². The zero-order chi connectivity index (χ0) is 22.5. The molecule has 2 heterocycles. The molecule has 31 heavy (non-hydrogen) atoms. The number of amides is 1. The summed E-state index contributed by atoms with van der Waals surface area (Å²) in [4.78, 5) is 53.5. The molecule has 0 radical (unpaired) electrons. The predicted octanol–water partition coefficient (Wildman–Crippen LogP) is 1.95. The molecule has 0 aliphatic carbocycles. The van der Waals surface area contributed by atoms with Gasteiger partial charge in [-0.2, -0.15) is 0 Å². The second-order valence-electron chi connectivity index (χ2n) is 6.82. The Balaban J connectivity index is 1.63. The number of aromatic amines is 1. The van der Waals surface area contributed by atoms with E-state index in [2.05, 4.69) is 20.6 Å². The normalized spacial score (nSPS) is 11.8. The van der Waals surface area contributed by atoms with Gasteiger partial charge in [0.25, 0.3) is 11.5 Å². The van der Waals surface area contributed by atoms with Gasteiger partial charge in [0.15, 0.2) is 0 Å². The Morgan fingerprint density at radius 3 is 2.68 bits per heavy atom. The van der Waals surface area contributed by atoms with Gasteiger partial charge in [0.2, 0.25) is 0 Å². The first kappa shape index (κ1) is 22.0. The molecule has 0 aliphatic heterocycles. The highest BCUT2D eigenvalue weighted by atomic mass is 32.1. The smallest absolute Gasteiger partial charge is 0.326 e. The summed E-state index contributed by atoms with van der Waals surface area (Å²) >= 11 is 1.13. The van der Waals surface area contributed by atoms with Gasteiger partial charge < -0.3 is 25.8 Å². The predicted molar refractivity (Wildman–Crippen MR) is 115 cm³/mol. The fraction of sp³-hybridized carbons (Fsp3) is 0.250. The van der Waals surface area contributed by atoms with Crippen LogP contribution in [0.1, 0.15) is 33.9 Å². The van der Waals surface area contributed by atoms with Crippen LogP contribution in [0.25, 0.3) is 10.9 Å². The van der Waals surface area contributed by atoms with Gasteiger partial charge in [-0.3, -0.25) is 14.4 Å². The van der Waals surface area contributed by atoms with Crippen LogP contribution in [0.5, 0.6) is 0 Å². The fourth-order valence-corrected chi connectivity index (χ4v) is 3.72. The van der Waals surface area contributed by atoms with Crippen LogP contribution in [0.3, 0.4) is 0 Å². The lowest BCUT2D eigenvalue weighted by Gasteiger charge is -2.12. The molecule has 3 rings (SSSR count). The molecule has 0 saturated carbocycles. The van der Waals surface area contributed by atoms with Crippen molar-refractivity contribution in [3.05, 3.63) is 57.0 Å². The number of H-pyrrole nitrogens is 1. The van der Waals surface area contributed by atoms with Crippen LogP contribution in [-0.4, -0.2) is 44.1 Å². The van der Waals surface area contributed by atoms with Crippen molar-refractivity contribution < 1.29 is 24.6 Å². The summed E-state index contributed by atoms with van der Waals surface area (Å²) in [5, 5.41) is 24.5. The van der Waals surface area contributed by atoms with Crippen LogP contribution >= 0.6 is 11.3 Å². The van der Waals surface area contributed by atoms with E-state index in [-0.39, 0.29) is 18.4 Å². The van der Waals surface area contributed by atoms with E-state index in [1.165, 1.54) is 0 Å². The minimum Gasteiger partial charge on any atom is -0.481 e. The Labute approximate surface area is 180 Å². The first-order valence-electron chi connectivity index (χ1n) is 9.31. The maximum Gasteiger partial charge on any atom is 0.326 e. The number of nitrogens with zero attached hydrogens (tertiary/aromatic N) is 1. The van der Waals surface area contributed by atoms with E-state index in [1.807, 2.05) is 6.07 Å². The lowest BCUT2D eigenvalue weighted by molar-refractivity contribution is -0.140. The van der Waals surface area contributed by atoms with Crippen LogP contribution in [0.15, 0.2) is 35.1 Å². The van der Waals surface area contributed by atoms with E-state index in [4.69, 9.17) is 10.2 Å². The SMILES string of the molecule is Cc1nc2ccc(CNc3ccc(C(=O)N[C@H](CCC(=O)O)C(=O)O)s3)cc2c(=O)[nH]1. The van der Waals surface area contributed by atoms with Gasteiger partial charge in [-0.1, -0.05) is 6.07 Å². The molecule has 162 valence electrons. The first-order chi connectivity index (χ1) is 14.7. The molecule has 11 heteroatoms. The summed E-state index contributed by atoms with van der Waals surface area (Å²) in [6.07, 6.45) is -0.569. The molecular formula is C20H20N4O6S. The van der Waals surface area contributed by atoms with Crippen LogP contribution in [0.4, 0.5) is 5.00 Å². The Morgan fingerprint density at radius 1 is 1.19 bits per heavy atom. The number of thiophene rings is 1. The number of aryl methyl sites for hydroxylation is 1. The number of carboxylic acid groups (broad SMARTS) is 2. The third kappa shape index (κ3) is 5.66. The maximum absolute atomic E-state index is 12.3. The minimum atomic E-state index is -1.29. The van der Waals surface area contributed by atoms with Crippen molar-refractivity contribution in [2.75, 3.05) is 5.32 Å². The number of aliphatic carboxylic acids is 2. The number of fused-ring (bicyclic) bond motifs is 1. The monoisotopic (exact) mass is 444 g/mol. The van der Waals surface area contributed by atoms with E-state index in [9.17, 15) is 19.2 Å². The van der Waals surface area contributed by atoms with E-state index >= 15 is 0 Å². The number of nitrogens with one attached hydrogen (secondary N) is 3. The number of hydrogen-bond acceptors (Lipinski definition) is 7. The molecule has 0 unspecified atom stereocenters. The van der Waals surface area contributed by atoms with Gasteiger partial charge in [-0.25, -0.2) is 9.78 Å². The zero-order valence-electron chi connectivity index (χ0n) is 16.5. The molecule has 1 atom stereocenters. The third-order valence-electron chi connectivity index (χ3n) is 4.44. The molecule has 2 aromatic heterocycles. The summed E-state index contributed by atoms with van der Waals surface area (Å²) in [6, 6.07) is 7.32. The van der Waals surface area contributed by atoms with Crippen molar-refractivity contribution in [2.24, 2.45) is 0 Å². The fourth-order valence-electron chi connectivity index (χ4n) is 2.91. The number of benzene rings is 1. The van der Waals surface area contributed by atoms with E-state index < -0.39 is 23.9 Å². The van der Waals surface area contributed by atoms with Crippen molar-refractivity contribution in [3.8, 4) is 0 Å². The topological polar surface area (TPSA) is 161 Å². The van der Waals surface area contributed by atoms with E-state index in [0.29, 0.717) is 33.2 Å². The number of carboxylic acids is 2. The third-order valence-corrected chi connectivity index (χ3v) is 5.48. The van der Waals surface area contributed by atoms with Gasteiger partial charge in [0.1, 0.15) is 11.9 Å². The minimum absolute atomic E-state index is 0.206. The lowest BCUT2D eigenvalue weighted by Crippen LogP contribution is -2.40. The Bertz CT molecular complexity index is 1200. The van der Waals surface area contributed by atoms with Crippen molar-refractivity contribution >= 4 is 45.1 Å². The van der Waals surface area contributed by atoms with Crippen molar-refractivity contribution in [3.63, 3.8) is 0 Å². The molecule has 0 saturated heterocycles. The van der Waals surface area contributed by atoms with Gasteiger partial charge in [-0.15, -0.1) is 11.3 Å². The molecule has 1 aromatic carbocycles. The van der Waals surface area contributed by atoms with Crippen molar-refractivity contribution in [1.29, 1.82) is 0 Å². The van der Waals surface area contributed by atoms with Crippen molar-refractivity contribution in [1.82, 2.24) is 15.3 Å². The number of rotatable bonds is 9. The molecule has 0 spiro atoms. The summed E-state index contributed by atoms with van der Waals surface area (Å²) in [5.74, 6) is -2.47. The van der Waals surface area contributed by atoms with Gasteiger partial charge in [-0.05, 0) is 43.2 Å². The summed E-state index contributed by atoms with van der Waals surface area (Å²) < 4.78 is 0. The standard InChI is InChI=1S/C20H20N4O6S/c1-10-22-13-3-2-11(8-12(13)18(27)23-10)9-21-16-6-5-15(31-16)19(28)24-14(20(29)30)4-7-17(25)26/h2-3,5-6,8,14,21H,4,7,9H2,1H3,(H,24,28)(H,25,26)(H,29,30)(H,22,23,27)/t14-/m1/s1. The molecule has 0 fully saturated rings. The average Bonchev–Trinajstić information content (AvgIpc) is 3.18. The largest absolute Gasteiger partial charge is 0.481 e. The van der Waals surface area contributed by atoms with Gasteiger partial charge in [0, 0.05) is 13.0 Å². The van der Waals surface area contributed by atoms with E-state index in [0.717, 1.165) is 16.9 Å². The number of aromatic nitrogens is 2. The summed E-state index contributed by atoms with van der Waals surface area (Å²) in [7, 11) is 0. The van der Waals surface area contributed by atoms with Crippen LogP contribution in [0.2, 0.25) is 0 Å². The number of carbonyl (C=O) groups excluding carboxylic acids is 1. The quantitative estimate of drug-likeness (QED) is 0.334. The Hall–Kier alpha value is -3.73. The highest BCUT2D eigenvalue weighted by molar-refractivity contribution is 7.17. The van der Waals surface area contributed by atoms with Crippen LogP contribution < -0.4 is 16.2 Å². The zero-order valence-corrected chi connectivity index (χ0v) is 17.3. The molecule has 10 nitrogen and oxygen atoms in total. The van der Waals surface area contributed by atoms with Crippen molar-refractivity contribution in [2.45, 2.75) is 32.4 Å². The molecular weight excluding hydrogens is 424 g/mol. The second kappa shape index (κ2) is 9.39. The summed E-state index contributed by atoms with van der Waals surface area (Å²) in [6.45, 7) is 2.12. The molecule has 0 bridgehead atoms. The second-order valence-corrected chi connectivity index (χ2v) is 7.90. The highest BCUT2D eigenvalue weighted by Crippen LogP contribution is 2.23. The van der Waals surface area contributed by atoms with Crippen LogP contribution in [-0.2, 0) is 16.1 Å². The summed E-state index contributed by atoms with van der Waals surface area (Å²) in [5.41, 5.74) is 1.24. The number of carbonyl (C=O) groups is 3. The Morgan fingerprint density at radius 2 is 1.97 bits per heavy atom. The highest BCUT2D eigenvalue weighted by Gasteiger charge is 2.22. The molecule has 5 N–H and O–H groups in total. The van der Waals surface area contributed by atoms with Gasteiger partial charge in [0.05, 0.1) is 20.8 Å². The lowest BCUT2D eigenvalue weighted by atomic mass is 10.1. The molecule has 0 aliphatic rings. The maximum atomic E-state index is 12.3. The van der Waals surface area contributed by atoms with E-state index in [1.54, 1.807) is 31.2 Å². The Kier molecular flexibility index (Phi) is 6.65. The number of hydrogen-bond donors (Lipinski definition) is 5.